The molecule has 1 nitrogen and oxygen atoms in total. The van der Waals surface area contributed by atoms with Crippen molar-refractivity contribution in [1.29, 1.82) is 0 Å². The molecule has 0 saturated heterocycles. The van der Waals surface area contributed by atoms with E-state index in [0.717, 1.165) is 16.7 Å². The zero-order valence-electron chi connectivity index (χ0n) is 6.72. The van der Waals surface area contributed by atoms with Gasteiger partial charge in [-0.3, -0.25) is 0 Å². The van der Waals surface area contributed by atoms with Crippen molar-refractivity contribution in [3.05, 3.63) is 16.1 Å². The lowest BCUT2D eigenvalue weighted by Gasteiger charge is -2.00. The molecule has 0 aliphatic carbocycles. The van der Waals surface area contributed by atoms with Crippen LogP contribution in [-0.4, -0.2) is 4.98 Å². The Morgan fingerprint density at radius 2 is 2.23 bits per heavy atom. The summed E-state index contributed by atoms with van der Waals surface area (Å²) in [6, 6.07) is 0. The third-order valence-corrected chi connectivity index (χ3v) is 2.46. The summed E-state index contributed by atoms with van der Waals surface area (Å²) in [5, 5.41) is 1.30. The van der Waals surface area contributed by atoms with Crippen LogP contribution in [0, 0.1) is 12.3 Å². The summed E-state index contributed by atoms with van der Waals surface area (Å²) < 4.78 is 36.2. The molecule has 13 heavy (non-hydrogen) atoms. The molecule has 1 heterocycles. The van der Waals surface area contributed by atoms with Gasteiger partial charge in [0.15, 0.2) is 5.69 Å². The van der Waals surface area contributed by atoms with Gasteiger partial charge in [-0.15, -0.1) is 17.8 Å². The highest BCUT2D eigenvalue weighted by atomic mass is 32.1. The average Bonchev–Trinajstić information content (AvgIpc) is 2.50. The van der Waals surface area contributed by atoms with Gasteiger partial charge in [-0.2, -0.15) is 13.2 Å². The summed E-state index contributed by atoms with van der Waals surface area (Å²) in [5.74, 6) is 1.97. The Bertz CT molecular complexity index is 334. The topological polar surface area (TPSA) is 12.9 Å². The van der Waals surface area contributed by atoms with Gasteiger partial charge in [0, 0.05) is 5.38 Å². The third kappa shape index (κ3) is 2.22. The van der Waals surface area contributed by atoms with Gasteiger partial charge >= 0.3 is 6.18 Å². The van der Waals surface area contributed by atoms with E-state index in [4.69, 9.17) is 6.42 Å². The van der Waals surface area contributed by atoms with Gasteiger partial charge in [0.2, 0.25) is 0 Å². The van der Waals surface area contributed by atoms with Crippen molar-refractivity contribution < 1.29 is 13.2 Å². The number of thiazole rings is 1. The Labute approximate surface area is 77.6 Å². The van der Waals surface area contributed by atoms with Crippen LogP contribution in [0.5, 0.6) is 0 Å². The van der Waals surface area contributed by atoms with Crippen LogP contribution in [0.3, 0.4) is 0 Å². The predicted octanol–water partition coefficient (Wildman–Crippen LogP) is 2.90. The van der Waals surface area contributed by atoms with Gasteiger partial charge in [0.05, 0.1) is 5.92 Å². The lowest BCUT2D eigenvalue weighted by Crippen LogP contribution is -2.05. The van der Waals surface area contributed by atoms with Gasteiger partial charge in [-0.05, 0) is 6.92 Å². The molecule has 0 bridgehead atoms. The Hall–Kier alpha value is -1.02. The number of aromatic nitrogens is 1. The van der Waals surface area contributed by atoms with Crippen LogP contribution >= 0.6 is 11.3 Å². The van der Waals surface area contributed by atoms with Crippen molar-refractivity contribution in [2.24, 2.45) is 0 Å². The van der Waals surface area contributed by atoms with Gasteiger partial charge in [0.1, 0.15) is 5.01 Å². The van der Waals surface area contributed by atoms with E-state index in [2.05, 4.69) is 10.9 Å². The Balaban J connectivity index is 2.95. The normalized spacial score (nSPS) is 13.8. The molecule has 1 atom stereocenters. The third-order valence-electron chi connectivity index (χ3n) is 1.43. The Morgan fingerprint density at radius 3 is 2.62 bits per heavy atom. The molecule has 1 aromatic rings. The molecule has 1 aromatic heterocycles. The molecule has 0 aromatic carbocycles. The van der Waals surface area contributed by atoms with Gasteiger partial charge < -0.3 is 0 Å². The second-order valence-corrected chi connectivity index (χ2v) is 3.35. The lowest BCUT2D eigenvalue weighted by atomic mass is 10.2. The Morgan fingerprint density at radius 1 is 1.62 bits per heavy atom. The maximum absolute atomic E-state index is 12.1. The van der Waals surface area contributed by atoms with E-state index in [1.54, 1.807) is 6.92 Å². The predicted molar refractivity (Wildman–Crippen MR) is 44.4 cm³/mol. The maximum atomic E-state index is 12.1. The van der Waals surface area contributed by atoms with Crippen LogP contribution in [0.1, 0.15) is 23.5 Å². The van der Waals surface area contributed by atoms with Gasteiger partial charge in [-0.25, -0.2) is 4.98 Å². The molecule has 0 aliphatic rings. The summed E-state index contributed by atoms with van der Waals surface area (Å²) in [4.78, 5) is 3.40. The quantitative estimate of drug-likeness (QED) is 0.642. The molecule has 1 rings (SSSR count). The Kier molecular flexibility index (Phi) is 2.62. The van der Waals surface area contributed by atoms with Crippen LogP contribution in [0.2, 0.25) is 0 Å². The highest BCUT2D eigenvalue weighted by Crippen LogP contribution is 2.31. The minimum absolute atomic E-state index is 0.329. The first-order valence-corrected chi connectivity index (χ1v) is 4.32. The largest absolute Gasteiger partial charge is 0.434 e. The number of nitrogens with zero attached hydrogens (tertiary/aromatic N) is 1. The summed E-state index contributed by atoms with van der Waals surface area (Å²) in [7, 11) is 0. The second-order valence-electron chi connectivity index (χ2n) is 2.46. The minimum Gasteiger partial charge on any atom is -0.235 e. The van der Waals surface area contributed by atoms with Crippen LogP contribution in [0.25, 0.3) is 0 Å². The minimum atomic E-state index is -4.37. The summed E-state index contributed by atoms with van der Waals surface area (Å²) in [5.41, 5.74) is -0.866. The standard InChI is InChI=1S/C8H6F3NS/c1-3-5(2)7-12-6(4-13-7)8(9,10)11/h1,4-5H,2H3. The molecule has 0 aliphatic heterocycles. The van der Waals surface area contributed by atoms with E-state index in [-0.39, 0.29) is 5.92 Å². The SMILES string of the molecule is C#CC(C)c1nc(C(F)(F)F)cs1. The van der Waals surface area contributed by atoms with E-state index in [0.29, 0.717) is 5.01 Å². The molecule has 0 saturated carbocycles. The monoisotopic (exact) mass is 205 g/mol. The lowest BCUT2D eigenvalue weighted by molar-refractivity contribution is -0.140. The first-order valence-electron chi connectivity index (χ1n) is 3.44. The summed E-state index contributed by atoms with van der Waals surface area (Å²) in [6.45, 7) is 1.64. The second kappa shape index (κ2) is 3.38. The van der Waals surface area contributed by atoms with E-state index >= 15 is 0 Å². The number of terminal acetylenes is 1. The number of hydrogen-bond donors (Lipinski definition) is 0. The fraction of sp³-hybridized carbons (Fsp3) is 0.375. The van der Waals surface area contributed by atoms with E-state index in [1.807, 2.05) is 0 Å². The zero-order chi connectivity index (χ0) is 10.1. The van der Waals surface area contributed by atoms with E-state index < -0.39 is 11.9 Å². The molecule has 5 heteroatoms. The number of hydrogen-bond acceptors (Lipinski definition) is 2. The van der Waals surface area contributed by atoms with E-state index in [9.17, 15) is 13.2 Å². The number of alkyl halides is 3. The van der Waals surface area contributed by atoms with Gasteiger partial charge in [0.25, 0.3) is 0 Å². The van der Waals surface area contributed by atoms with Crippen molar-refractivity contribution in [3.8, 4) is 12.3 Å². The molecule has 1 unspecified atom stereocenters. The summed E-state index contributed by atoms with van der Waals surface area (Å²) >= 11 is 0.935. The highest BCUT2D eigenvalue weighted by Gasteiger charge is 2.33. The van der Waals surface area contributed by atoms with Gasteiger partial charge in [-0.1, -0.05) is 5.92 Å². The average molecular weight is 205 g/mol. The van der Waals surface area contributed by atoms with Crippen molar-refractivity contribution >= 4 is 11.3 Å². The molecule has 0 N–H and O–H groups in total. The first kappa shape index (κ1) is 10.1. The fourth-order valence-corrected chi connectivity index (χ4v) is 1.53. The molecular formula is C8H6F3NS. The van der Waals surface area contributed by atoms with Crippen molar-refractivity contribution in [1.82, 2.24) is 4.98 Å². The first-order chi connectivity index (χ1) is 5.95. The van der Waals surface area contributed by atoms with Crippen molar-refractivity contribution in [3.63, 3.8) is 0 Å². The van der Waals surface area contributed by atoms with E-state index in [1.165, 1.54) is 0 Å². The van der Waals surface area contributed by atoms with Crippen molar-refractivity contribution in [2.45, 2.75) is 19.0 Å². The fourth-order valence-electron chi connectivity index (χ4n) is 0.688. The van der Waals surface area contributed by atoms with Crippen LogP contribution in [0.4, 0.5) is 13.2 Å². The molecule has 0 radical (unpaired) electrons. The maximum Gasteiger partial charge on any atom is 0.434 e. The molecule has 0 spiro atoms. The molecular weight excluding hydrogens is 199 g/mol. The number of rotatable bonds is 1. The van der Waals surface area contributed by atoms with Crippen LogP contribution < -0.4 is 0 Å². The number of halogens is 3. The van der Waals surface area contributed by atoms with Crippen LogP contribution in [0.15, 0.2) is 5.38 Å². The van der Waals surface area contributed by atoms with Crippen molar-refractivity contribution in [2.75, 3.05) is 0 Å². The summed E-state index contributed by atoms with van der Waals surface area (Å²) in [6.07, 6.45) is 0.686. The molecule has 0 fully saturated rings. The van der Waals surface area contributed by atoms with Crippen LogP contribution in [-0.2, 0) is 6.18 Å². The smallest absolute Gasteiger partial charge is 0.235 e. The highest BCUT2D eigenvalue weighted by molar-refractivity contribution is 7.09. The zero-order valence-corrected chi connectivity index (χ0v) is 7.54. The molecule has 70 valence electrons. The molecule has 0 amide bonds.